The number of carbonyl (C=O) groups is 1. The van der Waals surface area contributed by atoms with E-state index < -0.39 is 11.7 Å². The highest BCUT2D eigenvalue weighted by Gasteiger charge is 2.38. The van der Waals surface area contributed by atoms with E-state index in [4.69, 9.17) is 4.74 Å². The number of hydrogen-bond donors (Lipinski definition) is 2. The number of nitrogens with one attached hydrogen (secondary N) is 2. The fourth-order valence-electron chi connectivity index (χ4n) is 4.41. The van der Waals surface area contributed by atoms with Crippen molar-refractivity contribution in [1.29, 1.82) is 0 Å². The van der Waals surface area contributed by atoms with Crippen molar-refractivity contribution in [2.45, 2.75) is 31.8 Å². The molecule has 7 nitrogen and oxygen atoms in total. The molecule has 3 aromatic rings. The van der Waals surface area contributed by atoms with Gasteiger partial charge >= 0.3 is 0 Å². The van der Waals surface area contributed by atoms with Crippen LogP contribution in [0.2, 0.25) is 0 Å². The van der Waals surface area contributed by atoms with Crippen LogP contribution in [0.15, 0.2) is 36.7 Å². The Balaban J connectivity index is 1.39. The number of ether oxygens (including phenoxy) is 1. The maximum absolute atomic E-state index is 14.9. The smallest absolute Gasteiger partial charge is 0.261 e. The number of anilines is 2. The van der Waals surface area contributed by atoms with E-state index >= 15 is 0 Å². The number of methoxy groups -OCH3 is 1. The van der Waals surface area contributed by atoms with Crippen molar-refractivity contribution in [3.63, 3.8) is 0 Å². The lowest BCUT2D eigenvalue weighted by atomic mass is 9.83. The standard InChI is InChI=1S/C22H24FN5O2/c1-13-11-27-12-15(20(30-2)10-21(27)25-13)22(29)26-17-4-3-14(9-16(17)23)28-8-7-24-18-5-6-19(18)28/h3-4,9-12,18-19,24H,5-8H2,1-2H3,(H,26,29)/t18-,19+/m0/s1. The number of aromatic nitrogens is 2. The molecular weight excluding hydrogens is 385 g/mol. The number of hydrogen-bond acceptors (Lipinski definition) is 5. The van der Waals surface area contributed by atoms with Crippen LogP contribution in [0, 0.1) is 12.7 Å². The molecule has 1 aromatic carbocycles. The Kier molecular flexibility index (Phi) is 4.58. The average Bonchev–Trinajstić information content (AvgIpc) is 3.08. The predicted molar refractivity (Wildman–Crippen MR) is 113 cm³/mol. The zero-order valence-electron chi connectivity index (χ0n) is 17.0. The van der Waals surface area contributed by atoms with Crippen molar-refractivity contribution in [3.8, 4) is 5.75 Å². The van der Waals surface area contributed by atoms with E-state index in [1.807, 2.05) is 19.2 Å². The molecule has 8 heteroatoms. The van der Waals surface area contributed by atoms with E-state index in [9.17, 15) is 9.18 Å². The summed E-state index contributed by atoms with van der Waals surface area (Å²) in [6.07, 6.45) is 5.75. The molecule has 156 valence electrons. The number of fused-ring (bicyclic) bond motifs is 2. The Morgan fingerprint density at radius 2 is 2.17 bits per heavy atom. The number of nitrogens with zero attached hydrogens (tertiary/aromatic N) is 3. The minimum atomic E-state index is -0.450. The average molecular weight is 409 g/mol. The quantitative estimate of drug-likeness (QED) is 0.693. The number of halogens is 1. The van der Waals surface area contributed by atoms with Gasteiger partial charge in [0, 0.05) is 49.3 Å². The third kappa shape index (κ3) is 3.17. The van der Waals surface area contributed by atoms with E-state index in [2.05, 4.69) is 20.5 Å². The summed E-state index contributed by atoms with van der Waals surface area (Å²) < 4.78 is 22.0. The lowest BCUT2D eigenvalue weighted by Crippen LogP contribution is -2.63. The van der Waals surface area contributed by atoms with Gasteiger partial charge in [-0.3, -0.25) is 4.79 Å². The molecule has 0 unspecified atom stereocenters. The van der Waals surface area contributed by atoms with Crippen LogP contribution in [0.3, 0.4) is 0 Å². The highest BCUT2D eigenvalue weighted by Crippen LogP contribution is 2.33. The Morgan fingerprint density at radius 3 is 2.90 bits per heavy atom. The van der Waals surface area contributed by atoms with Crippen LogP contribution >= 0.6 is 0 Å². The molecule has 2 N–H and O–H groups in total. The van der Waals surface area contributed by atoms with Gasteiger partial charge in [0.2, 0.25) is 0 Å². The SMILES string of the molecule is COc1cc2nc(C)cn2cc1C(=O)Nc1ccc(N2CCN[C@H]3CC[C@H]32)cc1F. The van der Waals surface area contributed by atoms with E-state index in [-0.39, 0.29) is 5.69 Å². The number of piperazine rings is 1. The molecule has 2 aliphatic rings. The van der Waals surface area contributed by atoms with E-state index in [0.717, 1.165) is 30.9 Å². The maximum atomic E-state index is 14.9. The first-order valence-electron chi connectivity index (χ1n) is 10.2. The van der Waals surface area contributed by atoms with Gasteiger partial charge in [0.05, 0.1) is 24.1 Å². The van der Waals surface area contributed by atoms with Crippen molar-refractivity contribution >= 4 is 22.9 Å². The van der Waals surface area contributed by atoms with Crippen molar-refractivity contribution < 1.29 is 13.9 Å². The van der Waals surface area contributed by atoms with Gasteiger partial charge in [-0.25, -0.2) is 9.37 Å². The fraction of sp³-hybridized carbons (Fsp3) is 0.364. The van der Waals surface area contributed by atoms with Crippen LogP contribution in [0.4, 0.5) is 15.8 Å². The van der Waals surface area contributed by atoms with Crippen LogP contribution in [-0.4, -0.2) is 47.6 Å². The van der Waals surface area contributed by atoms with Gasteiger partial charge in [-0.05, 0) is 38.0 Å². The molecule has 1 aliphatic carbocycles. The Bertz CT molecular complexity index is 1130. The topological polar surface area (TPSA) is 70.9 Å². The summed E-state index contributed by atoms with van der Waals surface area (Å²) >= 11 is 0. The number of pyridine rings is 1. The van der Waals surface area contributed by atoms with E-state index in [1.54, 1.807) is 22.7 Å². The second kappa shape index (κ2) is 7.28. The van der Waals surface area contributed by atoms with Gasteiger partial charge in [-0.2, -0.15) is 0 Å². The van der Waals surface area contributed by atoms with Crippen LogP contribution in [0.25, 0.3) is 5.65 Å². The molecule has 2 atom stereocenters. The third-order valence-electron chi connectivity index (χ3n) is 6.07. The molecule has 0 spiro atoms. The van der Waals surface area contributed by atoms with Gasteiger partial charge in [-0.15, -0.1) is 0 Å². The van der Waals surface area contributed by atoms with Crippen molar-refractivity contribution in [2.24, 2.45) is 0 Å². The van der Waals surface area contributed by atoms with Gasteiger partial charge in [0.15, 0.2) is 0 Å². The summed E-state index contributed by atoms with van der Waals surface area (Å²) in [5.74, 6) is -0.499. The van der Waals surface area contributed by atoms with Crippen LogP contribution in [-0.2, 0) is 0 Å². The molecule has 0 bridgehead atoms. The molecule has 0 radical (unpaired) electrons. The van der Waals surface area contributed by atoms with E-state index in [0.29, 0.717) is 29.0 Å². The van der Waals surface area contributed by atoms with Crippen LogP contribution in [0.1, 0.15) is 28.9 Å². The van der Waals surface area contributed by atoms with Gasteiger partial charge in [0.25, 0.3) is 5.91 Å². The largest absolute Gasteiger partial charge is 0.496 e. The molecule has 30 heavy (non-hydrogen) atoms. The normalized spacial score (nSPS) is 20.6. The second-order valence-electron chi connectivity index (χ2n) is 7.92. The number of aryl methyl sites for hydroxylation is 1. The Labute approximate surface area is 173 Å². The van der Waals surface area contributed by atoms with Crippen LogP contribution in [0.5, 0.6) is 5.75 Å². The highest BCUT2D eigenvalue weighted by atomic mass is 19.1. The summed E-state index contributed by atoms with van der Waals surface area (Å²) in [5.41, 5.74) is 2.83. The van der Waals surface area contributed by atoms with Crippen molar-refractivity contribution in [1.82, 2.24) is 14.7 Å². The zero-order chi connectivity index (χ0) is 20.8. The Morgan fingerprint density at radius 1 is 1.30 bits per heavy atom. The molecule has 1 saturated heterocycles. The fourth-order valence-corrected chi connectivity index (χ4v) is 4.41. The highest BCUT2D eigenvalue weighted by molar-refractivity contribution is 6.06. The summed E-state index contributed by atoms with van der Waals surface area (Å²) in [4.78, 5) is 19.5. The third-order valence-corrected chi connectivity index (χ3v) is 6.07. The number of imidazole rings is 1. The summed E-state index contributed by atoms with van der Waals surface area (Å²) in [5, 5.41) is 6.18. The second-order valence-corrected chi connectivity index (χ2v) is 7.92. The summed E-state index contributed by atoms with van der Waals surface area (Å²) in [6.45, 7) is 3.63. The predicted octanol–water partition coefficient (Wildman–Crippen LogP) is 2.98. The van der Waals surface area contributed by atoms with E-state index in [1.165, 1.54) is 19.6 Å². The lowest BCUT2D eigenvalue weighted by molar-refractivity contribution is 0.102. The zero-order valence-corrected chi connectivity index (χ0v) is 17.0. The minimum absolute atomic E-state index is 0.146. The first-order chi connectivity index (χ1) is 14.5. The number of carbonyl (C=O) groups excluding carboxylic acids is 1. The molecule has 2 fully saturated rings. The first-order valence-corrected chi connectivity index (χ1v) is 10.2. The van der Waals surface area contributed by atoms with Crippen molar-refractivity contribution in [2.75, 3.05) is 30.4 Å². The maximum Gasteiger partial charge on any atom is 0.261 e. The first kappa shape index (κ1) is 18.9. The van der Waals surface area contributed by atoms with Gasteiger partial charge < -0.3 is 24.7 Å². The number of benzene rings is 1. The molecule has 1 aliphatic heterocycles. The lowest BCUT2D eigenvalue weighted by Gasteiger charge is -2.50. The summed E-state index contributed by atoms with van der Waals surface area (Å²) in [6, 6.07) is 7.63. The summed E-state index contributed by atoms with van der Waals surface area (Å²) in [7, 11) is 1.50. The van der Waals surface area contributed by atoms with Gasteiger partial charge in [-0.1, -0.05) is 0 Å². The monoisotopic (exact) mass is 409 g/mol. The minimum Gasteiger partial charge on any atom is -0.496 e. The Hall–Kier alpha value is -3.13. The molecule has 2 aromatic heterocycles. The molecule has 1 amide bonds. The molecular formula is C22H24FN5O2. The number of rotatable bonds is 4. The van der Waals surface area contributed by atoms with Gasteiger partial charge in [0.1, 0.15) is 17.2 Å². The molecule has 5 rings (SSSR count). The number of amides is 1. The molecule has 1 saturated carbocycles. The van der Waals surface area contributed by atoms with Crippen molar-refractivity contribution in [3.05, 3.63) is 53.7 Å². The molecule has 3 heterocycles. The van der Waals surface area contributed by atoms with Crippen LogP contribution < -0.4 is 20.3 Å².